The molecule has 3 heteroatoms. The largest absolute Gasteiger partial charge is 0.506 e. The highest BCUT2D eigenvalue weighted by atomic mass is 16.3. The molecule has 1 aromatic heterocycles. The highest BCUT2D eigenvalue weighted by Crippen LogP contribution is 2.09. The molecule has 0 saturated carbocycles. The zero-order valence-electron chi connectivity index (χ0n) is 9.91. The third kappa shape index (κ3) is 4.79. The van der Waals surface area contributed by atoms with E-state index < -0.39 is 0 Å². The quantitative estimate of drug-likeness (QED) is 0.799. The summed E-state index contributed by atoms with van der Waals surface area (Å²) < 4.78 is 0. The second-order valence-electron chi connectivity index (χ2n) is 5.01. The smallest absolute Gasteiger partial charge is 0.133 e. The Morgan fingerprint density at radius 3 is 2.53 bits per heavy atom. The molecule has 0 aromatic carbocycles. The van der Waals surface area contributed by atoms with Gasteiger partial charge in [-0.15, -0.1) is 0 Å². The Bertz CT molecular complexity index is 300. The zero-order valence-corrected chi connectivity index (χ0v) is 9.91. The first-order valence-electron chi connectivity index (χ1n) is 5.28. The predicted octanol–water partition coefficient (Wildman–Crippen LogP) is 2.11. The van der Waals surface area contributed by atoms with E-state index in [2.05, 4.69) is 38.0 Å². The van der Waals surface area contributed by atoms with Gasteiger partial charge in [-0.05, 0) is 39.8 Å². The van der Waals surface area contributed by atoms with E-state index in [9.17, 15) is 0 Å². The van der Waals surface area contributed by atoms with Gasteiger partial charge in [0.1, 0.15) is 5.75 Å². The van der Waals surface area contributed by atoms with Crippen LogP contribution in [-0.2, 0) is 6.42 Å². The van der Waals surface area contributed by atoms with Crippen molar-refractivity contribution in [3.63, 3.8) is 0 Å². The van der Waals surface area contributed by atoms with Gasteiger partial charge < -0.3 is 10.4 Å². The Morgan fingerprint density at radius 2 is 2.07 bits per heavy atom. The number of aromatic hydroxyl groups is 1. The molecule has 1 rings (SSSR count). The third-order valence-corrected chi connectivity index (χ3v) is 2.00. The van der Waals surface area contributed by atoms with Crippen LogP contribution in [-0.4, -0.2) is 21.7 Å². The zero-order chi connectivity index (χ0) is 11.5. The molecule has 0 spiro atoms. The van der Waals surface area contributed by atoms with Crippen LogP contribution in [0.5, 0.6) is 5.75 Å². The van der Waals surface area contributed by atoms with E-state index in [1.54, 1.807) is 6.07 Å². The average molecular weight is 208 g/mol. The van der Waals surface area contributed by atoms with Crippen molar-refractivity contribution in [2.24, 2.45) is 0 Å². The van der Waals surface area contributed by atoms with Crippen LogP contribution in [0.4, 0.5) is 0 Å². The monoisotopic (exact) mass is 208 g/mol. The van der Waals surface area contributed by atoms with Crippen molar-refractivity contribution in [3.05, 3.63) is 24.0 Å². The van der Waals surface area contributed by atoms with Gasteiger partial charge in [0.25, 0.3) is 0 Å². The van der Waals surface area contributed by atoms with Crippen LogP contribution in [0.2, 0.25) is 0 Å². The third-order valence-electron chi connectivity index (χ3n) is 2.00. The van der Waals surface area contributed by atoms with E-state index >= 15 is 0 Å². The Morgan fingerprint density at radius 1 is 1.40 bits per heavy atom. The van der Waals surface area contributed by atoms with Crippen molar-refractivity contribution in [3.8, 4) is 5.75 Å². The van der Waals surface area contributed by atoms with E-state index in [0.717, 1.165) is 12.1 Å². The molecule has 0 bridgehead atoms. The van der Waals surface area contributed by atoms with E-state index in [1.165, 1.54) is 6.20 Å². The van der Waals surface area contributed by atoms with Crippen molar-refractivity contribution in [1.82, 2.24) is 10.3 Å². The van der Waals surface area contributed by atoms with E-state index in [4.69, 9.17) is 5.11 Å². The van der Waals surface area contributed by atoms with Crippen molar-refractivity contribution >= 4 is 0 Å². The summed E-state index contributed by atoms with van der Waals surface area (Å²) in [5, 5.41) is 12.6. The molecule has 0 aliphatic heterocycles. The molecule has 0 aliphatic rings. The highest BCUT2D eigenvalue weighted by molar-refractivity contribution is 5.18. The lowest BCUT2D eigenvalue weighted by Crippen LogP contribution is -2.43. The maximum absolute atomic E-state index is 9.10. The van der Waals surface area contributed by atoms with E-state index in [0.29, 0.717) is 6.04 Å². The number of aromatic nitrogens is 1. The van der Waals surface area contributed by atoms with Crippen molar-refractivity contribution < 1.29 is 5.11 Å². The van der Waals surface area contributed by atoms with Crippen LogP contribution >= 0.6 is 0 Å². The normalized spacial score (nSPS) is 13.9. The number of hydrogen-bond donors (Lipinski definition) is 2. The fourth-order valence-electron chi connectivity index (χ4n) is 1.64. The first-order valence-corrected chi connectivity index (χ1v) is 5.28. The summed E-state index contributed by atoms with van der Waals surface area (Å²) in [5.41, 5.74) is 1.12. The first-order chi connectivity index (χ1) is 6.87. The van der Waals surface area contributed by atoms with Gasteiger partial charge in [-0.3, -0.25) is 4.98 Å². The van der Waals surface area contributed by atoms with Gasteiger partial charge in [0.15, 0.2) is 0 Å². The molecular formula is C12H20N2O. The van der Waals surface area contributed by atoms with Gasteiger partial charge in [0.2, 0.25) is 0 Å². The summed E-state index contributed by atoms with van der Waals surface area (Å²) in [5.74, 6) is 0.218. The van der Waals surface area contributed by atoms with Gasteiger partial charge in [-0.2, -0.15) is 0 Å². The molecule has 84 valence electrons. The summed E-state index contributed by atoms with van der Waals surface area (Å²) in [6, 6.07) is 3.91. The molecule has 1 aromatic rings. The molecule has 1 unspecified atom stereocenters. The topological polar surface area (TPSA) is 45.2 Å². The van der Waals surface area contributed by atoms with Crippen LogP contribution in [0, 0.1) is 0 Å². The summed E-state index contributed by atoms with van der Waals surface area (Å²) >= 11 is 0. The second-order valence-corrected chi connectivity index (χ2v) is 5.01. The molecule has 0 amide bonds. The summed E-state index contributed by atoms with van der Waals surface area (Å²) in [7, 11) is 0. The van der Waals surface area contributed by atoms with E-state index in [-0.39, 0.29) is 11.3 Å². The SMILES string of the molecule is CC(Cc1ccc(O)cn1)NC(C)(C)C. The fourth-order valence-corrected chi connectivity index (χ4v) is 1.64. The van der Waals surface area contributed by atoms with Crippen LogP contribution in [0.3, 0.4) is 0 Å². The average Bonchev–Trinajstić information content (AvgIpc) is 2.05. The van der Waals surface area contributed by atoms with Crippen molar-refractivity contribution in [2.45, 2.75) is 45.7 Å². The predicted molar refractivity (Wildman–Crippen MR) is 62.0 cm³/mol. The van der Waals surface area contributed by atoms with Crippen LogP contribution < -0.4 is 5.32 Å². The summed E-state index contributed by atoms with van der Waals surface area (Å²) in [6.45, 7) is 8.58. The molecule has 1 heterocycles. The van der Waals surface area contributed by atoms with Gasteiger partial charge in [-0.25, -0.2) is 0 Å². The number of rotatable bonds is 3. The Labute approximate surface area is 91.5 Å². The number of hydrogen-bond acceptors (Lipinski definition) is 3. The minimum absolute atomic E-state index is 0.121. The maximum Gasteiger partial charge on any atom is 0.133 e. The number of nitrogens with zero attached hydrogens (tertiary/aromatic N) is 1. The lowest BCUT2D eigenvalue weighted by atomic mass is 10.1. The van der Waals surface area contributed by atoms with Crippen molar-refractivity contribution in [2.75, 3.05) is 0 Å². The molecule has 3 nitrogen and oxygen atoms in total. The molecule has 0 fully saturated rings. The minimum atomic E-state index is 0.121. The molecular weight excluding hydrogens is 188 g/mol. The molecule has 1 atom stereocenters. The minimum Gasteiger partial charge on any atom is -0.506 e. The molecule has 0 aliphatic carbocycles. The maximum atomic E-state index is 9.10. The van der Waals surface area contributed by atoms with E-state index in [1.807, 2.05) is 6.07 Å². The number of pyridine rings is 1. The summed E-state index contributed by atoms with van der Waals surface area (Å²) in [6.07, 6.45) is 2.36. The number of nitrogens with one attached hydrogen (secondary N) is 1. The lowest BCUT2D eigenvalue weighted by molar-refractivity contribution is 0.369. The Hall–Kier alpha value is -1.09. The van der Waals surface area contributed by atoms with Crippen LogP contribution in [0.15, 0.2) is 18.3 Å². The Balaban J connectivity index is 2.51. The summed E-state index contributed by atoms with van der Waals surface area (Å²) in [4.78, 5) is 4.16. The second kappa shape index (κ2) is 4.62. The fraction of sp³-hybridized carbons (Fsp3) is 0.583. The molecule has 2 N–H and O–H groups in total. The van der Waals surface area contributed by atoms with Crippen molar-refractivity contribution in [1.29, 1.82) is 0 Å². The standard InChI is InChI=1S/C12H20N2O/c1-9(14-12(2,3)4)7-10-5-6-11(15)8-13-10/h5-6,8-9,14-15H,7H2,1-4H3. The highest BCUT2D eigenvalue weighted by Gasteiger charge is 2.13. The van der Waals surface area contributed by atoms with Gasteiger partial charge in [0, 0.05) is 23.7 Å². The molecule has 0 radical (unpaired) electrons. The Kier molecular flexibility index (Phi) is 3.69. The van der Waals surface area contributed by atoms with Gasteiger partial charge in [-0.1, -0.05) is 0 Å². The van der Waals surface area contributed by atoms with Crippen LogP contribution in [0.1, 0.15) is 33.4 Å². The first kappa shape index (κ1) is 12.0. The molecule has 15 heavy (non-hydrogen) atoms. The molecule has 0 saturated heterocycles. The van der Waals surface area contributed by atoms with Crippen LogP contribution in [0.25, 0.3) is 0 Å². The lowest BCUT2D eigenvalue weighted by Gasteiger charge is -2.25. The van der Waals surface area contributed by atoms with Gasteiger partial charge in [0.05, 0.1) is 6.20 Å². The van der Waals surface area contributed by atoms with Gasteiger partial charge >= 0.3 is 0 Å².